The number of amides is 2. The van der Waals surface area contributed by atoms with E-state index in [4.69, 9.17) is 4.74 Å². The topological polar surface area (TPSA) is 49.9 Å². The zero-order valence-corrected chi connectivity index (χ0v) is 12.2. The summed E-state index contributed by atoms with van der Waals surface area (Å²) in [6, 6.07) is 7.26. The van der Waals surface area contributed by atoms with Gasteiger partial charge in [-0.05, 0) is 24.5 Å². The van der Waals surface area contributed by atoms with Crippen LogP contribution in [0.2, 0.25) is 0 Å². The maximum atomic E-state index is 12.7. The van der Waals surface area contributed by atoms with Crippen molar-refractivity contribution in [3.63, 3.8) is 0 Å². The molecule has 0 aromatic heterocycles. The van der Waals surface area contributed by atoms with Crippen LogP contribution in [0.1, 0.15) is 22.3 Å². The first-order chi connectivity index (χ1) is 10.2. The van der Waals surface area contributed by atoms with E-state index < -0.39 is 0 Å². The van der Waals surface area contributed by atoms with Crippen molar-refractivity contribution >= 4 is 11.8 Å². The van der Waals surface area contributed by atoms with Crippen molar-refractivity contribution in [3.8, 4) is 0 Å². The fourth-order valence-corrected chi connectivity index (χ4v) is 3.05. The number of fused-ring (bicyclic) bond motifs is 1. The third kappa shape index (κ3) is 2.65. The van der Waals surface area contributed by atoms with Gasteiger partial charge in [-0.15, -0.1) is 0 Å². The van der Waals surface area contributed by atoms with Crippen molar-refractivity contribution < 1.29 is 14.3 Å². The second-order valence-electron chi connectivity index (χ2n) is 5.57. The minimum absolute atomic E-state index is 0.0435. The third-order valence-corrected chi connectivity index (χ3v) is 4.33. The summed E-state index contributed by atoms with van der Waals surface area (Å²) in [6.07, 6.45) is 1.43. The Bertz CT molecular complexity index is 552. The van der Waals surface area contributed by atoms with Gasteiger partial charge >= 0.3 is 0 Å². The van der Waals surface area contributed by atoms with Gasteiger partial charge in [0.05, 0.1) is 13.2 Å². The molecule has 0 bridgehead atoms. The molecule has 5 heteroatoms. The number of nitrogens with zero attached hydrogens (tertiary/aromatic N) is 2. The molecule has 0 N–H and O–H groups in total. The molecule has 3 rings (SSSR count). The van der Waals surface area contributed by atoms with Crippen LogP contribution in [0.25, 0.3) is 0 Å². The van der Waals surface area contributed by atoms with Gasteiger partial charge in [0.1, 0.15) is 6.04 Å². The van der Waals surface area contributed by atoms with Crippen molar-refractivity contribution in [2.75, 3.05) is 33.4 Å². The SMILES string of the molecule is CN1C(=O)c2ccccc2CCC1C(=O)N1CCOCC1. The highest BCUT2D eigenvalue weighted by Crippen LogP contribution is 2.22. The van der Waals surface area contributed by atoms with Crippen molar-refractivity contribution in [2.24, 2.45) is 0 Å². The number of benzene rings is 1. The fourth-order valence-electron chi connectivity index (χ4n) is 3.05. The molecule has 0 radical (unpaired) electrons. The summed E-state index contributed by atoms with van der Waals surface area (Å²) >= 11 is 0. The minimum Gasteiger partial charge on any atom is -0.378 e. The van der Waals surface area contributed by atoms with Crippen molar-refractivity contribution in [2.45, 2.75) is 18.9 Å². The van der Waals surface area contributed by atoms with Crippen LogP contribution in [0.5, 0.6) is 0 Å². The summed E-state index contributed by atoms with van der Waals surface area (Å²) in [5, 5.41) is 0. The van der Waals surface area contributed by atoms with Crippen LogP contribution in [0.4, 0.5) is 0 Å². The molecule has 21 heavy (non-hydrogen) atoms. The van der Waals surface area contributed by atoms with Crippen LogP contribution in [0.15, 0.2) is 24.3 Å². The number of likely N-dealkylation sites (N-methyl/N-ethyl adjacent to an activating group) is 1. The lowest BCUT2D eigenvalue weighted by Gasteiger charge is -2.33. The van der Waals surface area contributed by atoms with Gasteiger partial charge < -0.3 is 14.5 Å². The highest BCUT2D eigenvalue weighted by Gasteiger charge is 2.34. The van der Waals surface area contributed by atoms with Gasteiger partial charge in [-0.25, -0.2) is 0 Å². The molecule has 1 fully saturated rings. The van der Waals surface area contributed by atoms with Gasteiger partial charge in [0, 0.05) is 25.7 Å². The van der Waals surface area contributed by atoms with E-state index >= 15 is 0 Å². The van der Waals surface area contributed by atoms with E-state index in [1.807, 2.05) is 29.2 Å². The molecule has 2 aliphatic heterocycles. The number of carbonyl (C=O) groups is 2. The summed E-state index contributed by atoms with van der Waals surface area (Å²) in [4.78, 5) is 28.7. The Morgan fingerprint density at radius 2 is 1.95 bits per heavy atom. The molecule has 1 aromatic rings. The first-order valence-corrected chi connectivity index (χ1v) is 7.40. The molecular weight excluding hydrogens is 268 g/mol. The van der Waals surface area contributed by atoms with Gasteiger partial charge in [-0.1, -0.05) is 18.2 Å². The Labute approximate surface area is 124 Å². The molecular formula is C16H20N2O3. The van der Waals surface area contributed by atoms with Crippen LogP contribution >= 0.6 is 0 Å². The molecule has 2 aliphatic rings. The molecule has 1 aromatic carbocycles. The smallest absolute Gasteiger partial charge is 0.254 e. The van der Waals surface area contributed by atoms with E-state index in [2.05, 4.69) is 0 Å². The summed E-state index contributed by atoms with van der Waals surface area (Å²) < 4.78 is 5.29. The quantitative estimate of drug-likeness (QED) is 0.772. The van der Waals surface area contributed by atoms with Crippen LogP contribution in [0.3, 0.4) is 0 Å². The largest absolute Gasteiger partial charge is 0.378 e. The van der Waals surface area contributed by atoms with Crippen molar-refractivity contribution in [1.29, 1.82) is 0 Å². The van der Waals surface area contributed by atoms with Crippen molar-refractivity contribution in [1.82, 2.24) is 9.80 Å². The predicted octanol–water partition coefficient (Wildman–Crippen LogP) is 0.932. The summed E-state index contributed by atoms with van der Waals surface area (Å²) in [7, 11) is 1.73. The minimum atomic E-state index is -0.372. The lowest BCUT2D eigenvalue weighted by Crippen LogP contribution is -2.51. The maximum Gasteiger partial charge on any atom is 0.254 e. The Morgan fingerprint density at radius 1 is 1.24 bits per heavy atom. The van der Waals surface area contributed by atoms with E-state index in [1.54, 1.807) is 11.9 Å². The molecule has 0 spiro atoms. The Hall–Kier alpha value is -1.88. The fraction of sp³-hybridized carbons (Fsp3) is 0.500. The zero-order chi connectivity index (χ0) is 14.8. The summed E-state index contributed by atoms with van der Waals surface area (Å²) in [5.74, 6) is -0.0170. The molecule has 1 unspecified atom stereocenters. The maximum absolute atomic E-state index is 12.7. The number of ether oxygens (including phenoxy) is 1. The molecule has 2 amide bonds. The van der Waals surface area contributed by atoms with E-state index in [-0.39, 0.29) is 17.9 Å². The summed E-state index contributed by atoms with van der Waals surface area (Å²) in [6.45, 7) is 2.39. The van der Waals surface area contributed by atoms with Crippen LogP contribution in [-0.2, 0) is 16.0 Å². The van der Waals surface area contributed by atoms with Gasteiger partial charge in [0.15, 0.2) is 0 Å². The Balaban J connectivity index is 1.82. The lowest BCUT2D eigenvalue weighted by molar-refractivity contribution is -0.140. The summed E-state index contributed by atoms with van der Waals surface area (Å²) in [5.41, 5.74) is 1.75. The molecule has 1 atom stereocenters. The zero-order valence-electron chi connectivity index (χ0n) is 12.2. The Morgan fingerprint density at radius 3 is 2.71 bits per heavy atom. The van der Waals surface area contributed by atoms with Gasteiger partial charge in [-0.3, -0.25) is 9.59 Å². The molecule has 2 heterocycles. The van der Waals surface area contributed by atoms with E-state index in [9.17, 15) is 9.59 Å². The first-order valence-electron chi connectivity index (χ1n) is 7.40. The average Bonchev–Trinajstić information content (AvgIpc) is 2.66. The molecule has 0 saturated carbocycles. The highest BCUT2D eigenvalue weighted by molar-refractivity contribution is 5.99. The average molecular weight is 288 g/mol. The number of rotatable bonds is 1. The van der Waals surface area contributed by atoms with E-state index in [0.717, 1.165) is 17.5 Å². The van der Waals surface area contributed by atoms with Gasteiger partial charge in [-0.2, -0.15) is 0 Å². The van der Waals surface area contributed by atoms with Crippen LogP contribution in [-0.4, -0.2) is 61.0 Å². The van der Waals surface area contributed by atoms with Crippen LogP contribution < -0.4 is 0 Å². The molecule has 112 valence electrons. The number of carbonyl (C=O) groups excluding carboxylic acids is 2. The second kappa shape index (κ2) is 5.85. The number of hydrogen-bond donors (Lipinski definition) is 0. The molecule has 5 nitrogen and oxygen atoms in total. The number of hydrogen-bond acceptors (Lipinski definition) is 3. The molecule has 1 saturated heterocycles. The second-order valence-corrected chi connectivity index (χ2v) is 5.57. The number of aryl methyl sites for hydroxylation is 1. The van der Waals surface area contributed by atoms with Gasteiger partial charge in [0.2, 0.25) is 5.91 Å². The first kappa shape index (κ1) is 14.1. The standard InChI is InChI=1S/C16H20N2O3/c1-17-14(16(20)18-8-10-21-11-9-18)7-6-12-4-2-3-5-13(12)15(17)19/h2-5,14H,6-11H2,1H3. The van der Waals surface area contributed by atoms with E-state index in [1.165, 1.54) is 0 Å². The predicted molar refractivity (Wildman–Crippen MR) is 78.0 cm³/mol. The highest BCUT2D eigenvalue weighted by atomic mass is 16.5. The normalized spacial score (nSPS) is 22.7. The van der Waals surface area contributed by atoms with Crippen molar-refractivity contribution in [3.05, 3.63) is 35.4 Å². The number of morpholine rings is 1. The van der Waals surface area contributed by atoms with E-state index in [0.29, 0.717) is 32.7 Å². The third-order valence-electron chi connectivity index (χ3n) is 4.33. The Kier molecular flexibility index (Phi) is 3.92. The monoisotopic (exact) mass is 288 g/mol. The van der Waals surface area contributed by atoms with Gasteiger partial charge in [0.25, 0.3) is 5.91 Å². The van der Waals surface area contributed by atoms with Crippen LogP contribution in [0, 0.1) is 0 Å². The lowest BCUT2D eigenvalue weighted by atomic mass is 10.0. The molecule has 0 aliphatic carbocycles.